The number of ether oxygens (including phenoxy) is 1. The van der Waals surface area contributed by atoms with Gasteiger partial charge in [0, 0.05) is 5.41 Å². The summed E-state index contributed by atoms with van der Waals surface area (Å²) in [5.74, 6) is 0.879. The topological polar surface area (TPSA) is 46.5 Å². The van der Waals surface area contributed by atoms with Crippen LogP contribution in [0.15, 0.2) is 12.7 Å². The van der Waals surface area contributed by atoms with Gasteiger partial charge < -0.3 is 9.84 Å². The second-order valence-electron chi connectivity index (χ2n) is 9.74. The zero-order valence-electron chi connectivity index (χ0n) is 15.6. The van der Waals surface area contributed by atoms with Crippen LogP contribution in [0.25, 0.3) is 0 Å². The highest BCUT2D eigenvalue weighted by atomic mass is 16.5. The van der Waals surface area contributed by atoms with Gasteiger partial charge in [-0.2, -0.15) is 0 Å². The van der Waals surface area contributed by atoms with Crippen LogP contribution in [0.1, 0.15) is 72.1 Å². The van der Waals surface area contributed by atoms with Gasteiger partial charge in [0.1, 0.15) is 0 Å². The summed E-state index contributed by atoms with van der Waals surface area (Å²) in [6.07, 6.45) is 10.5. The lowest BCUT2D eigenvalue weighted by atomic mass is 9.42. The van der Waals surface area contributed by atoms with E-state index >= 15 is 0 Å². The summed E-state index contributed by atoms with van der Waals surface area (Å²) < 4.78 is 5.23. The first-order chi connectivity index (χ1) is 11.2. The minimum atomic E-state index is -0.559. The fraction of sp³-hybridized carbons (Fsp3) is 0.857. The number of hydrogen-bond donors (Lipinski definition) is 1. The largest absolute Gasteiger partial charge is 0.467 e. The van der Waals surface area contributed by atoms with Crippen LogP contribution in [0.3, 0.4) is 0 Å². The fourth-order valence-corrected chi connectivity index (χ4v) is 6.94. The second kappa shape index (κ2) is 5.86. The van der Waals surface area contributed by atoms with Crippen LogP contribution in [-0.2, 0) is 9.53 Å². The molecule has 136 valence electrons. The lowest BCUT2D eigenvalue weighted by Crippen LogP contribution is -2.62. The minimum Gasteiger partial charge on any atom is -0.467 e. The number of hydrogen-bond acceptors (Lipinski definition) is 3. The molecule has 0 amide bonds. The van der Waals surface area contributed by atoms with Crippen molar-refractivity contribution in [2.45, 2.75) is 77.7 Å². The zero-order chi connectivity index (χ0) is 17.6. The van der Waals surface area contributed by atoms with Crippen molar-refractivity contribution >= 4 is 6.47 Å². The summed E-state index contributed by atoms with van der Waals surface area (Å²) in [5.41, 5.74) is -0.299. The van der Waals surface area contributed by atoms with Crippen molar-refractivity contribution in [1.29, 1.82) is 0 Å². The van der Waals surface area contributed by atoms with E-state index in [1.54, 1.807) is 0 Å². The van der Waals surface area contributed by atoms with Crippen molar-refractivity contribution in [3.05, 3.63) is 12.7 Å². The normalized spacial score (nSPS) is 51.2. The molecule has 0 unspecified atom stereocenters. The number of allylic oxidation sites excluding steroid dienone is 1. The molecular weight excluding hydrogens is 300 g/mol. The van der Waals surface area contributed by atoms with Gasteiger partial charge in [-0.25, -0.2) is 0 Å². The molecule has 3 aliphatic carbocycles. The molecule has 0 aliphatic heterocycles. The van der Waals surface area contributed by atoms with Crippen molar-refractivity contribution < 1.29 is 14.6 Å². The van der Waals surface area contributed by atoms with Crippen LogP contribution in [-0.4, -0.2) is 23.8 Å². The number of rotatable bonds is 4. The lowest BCUT2D eigenvalue weighted by molar-refractivity contribution is -0.211. The Morgan fingerprint density at radius 3 is 2.50 bits per heavy atom. The molecule has 1 N–H and O–H groups in total. The molecule has 0 saturated heterocycles. The molecule has 3 fully saturated rings. The lowest BCUT2D eigenvalue weighted by Gasteiger charge is -2.64. The van der Waals surface area contributed by atoms with Crippen molar-refractivity contribution in [3.63, 3.8) is 0 Å². The van der Waals surface area contributed by atoms with E-state index in [0.717, 1.165) is 44.9 Å². The third-order valence-corrected chi connectivity index (χ3v) is 8.10. The van der Waals surface area contributed by atoms with E-state index in [1.165, 1.54) is 6.42 Å². The summed E-state index contributed by atoms with van der Waals surface area (Å²) in [7, 11) is 0. The van der Waals surface area contributed by atoms with Gasteiger partial charge >= 0.3 is 0 Å². The van der Waals surface area contributed by atoms with E-state index in [2.05, 4.69) is 33.4 Å². The van der Waals surface area contributed by atoms with Crippen molar-refractivity contribution in [3.8, 4) is 0 Å². The third-order valence-electron chi connectivity index (χ3n) is 8.10. The first-order valence-electron chi connectivity index (χ1n) is 9.63. The van der Waals surface area contributed by atoms with Gasteiger partial charge in [0.15, 0.2) is 0 Å². The predicted octanol–water partition coefficient (Wildman–Crippen LogP) is 4.49. The van der Waals surface area contributed by atoms with Gasteiger partial charge in [0.05, 0.1) is 12.2 Å². The van der Waals surface area contributed by atoms with E-state index in [4.69, 9.17) is 4.74 Å². The Kier molecular flexibility index (Phi) is 4.39. The molecule has 24 heavy (non-hydrogen) atoms. The van der Waals surface area contributed by atoms with Gasteiger partial charge in [0.25, 0.3) is 6.47 Å². The smallest absolute Gasteiger partial charge is 0.293 e. The Labute approximate surface area is 146 Å². The van der Waals surface area contributed by atoms with Crippen LogP contribution in [0.5, 0.6) is 0 Å². The monoisotopic (exact) mass is 334 g/mol. The van der Waals surface area contributed by atoms with Gasteiger partial charge in [-0.1, -0.05) is 33.3 Å². The average molecular weight is 335 g/mol. The molecule has 3 rings (SSSR count). The zero-order valence-corrected chi connectivity index (χ0v) is 15.6. The summed E-state index contributed by atoms with van der Waals surface area (Å²) in [6.45, 7) is 12.1. The molecular formula is C21H34O3. The highest BCUT2D eigenvalue weighted by Gasteiger charge is 2.62. The second-order valence-corrected chi connectivity index (χ2v) is 9.74. The van der Waals surface area contributed by atoms with E-state index in [0.29, 0.717) is 24.9 Å². The van der Waals surface area contributed by atoms with Gasteiger partial charge in [-0.05, 0) is 67.6 Å². The Bertz CT molecular complexity index is 517. The van der Waals surface area contributed by atoms with Gasteiger partial charge in [0.2, 0.25) is 0 Å². The SMILES string of the molecule is C=C[C@@]1(C)CC[C@H]2[C@@](O)(CC[C@H]3[C@](C)(COC=O)CCC[C@@]32C)C1. The molecule has 6 atom stereocenters. The standard InChI is InChI=1S/C21H34O3/c1-5-18(2)11-7-17-20(4)10-6-9-19(3,14-24-15-22)16(20)8-12-21(17,23)13-18/h5,15-17,23H,1,6-14H2,2-4H3/t16-,17+,18-,19-,20-,21+/m0/s1. The number of carbonyl (C=O) groups is 1. The van der Waals surface area contributed by atoms with Crippen LogP contribution >= 0.6 is 0 Å². The fourth-order valence-electron chi connectivity index (χ4n) is 6.94. The highest BCUT2D eigenvalue weighted by molar-refractivity contribution is 5.37. The van der Waals surface area contributed by atoms with Crippen molar-refractivity contribution in [2.75, 3.05) is 6.61 Å². The van der Waals surface area contributed by atoms with E-state index < -0.39 is 5.60 Å². The third kappa shape index (κ3) is 2.64. The number of aliphatic hydroxyl groups is 1. The maximum absolute atomic E-state index is 11.6. The summed E-state index contributed by atoms with van der Waals surface area (Å²) >= 11 is 0. The maximum atomic E-state index is 11.6. The average Bonchev–Trinajstić information content (AvgIpc) is 2.52. The molecule has 0 spiro atoms. The molecule has 0 aromatic rings. The van der Waals surface area contributed by atoms with Crippen LogP contribution in [0.4, 0.5) is 0 Å². The van der Waals surface area contributed by atoms with E-state index in [9.17, 15) is 9.90 Å². The molecule has 3 nitrogen and oxygen atoms in total. The highest BCUT2D eigenvalue weighted by Crippen LogP contribution is 2.66. The molecule has 0 radical (unpaired) electrons. The van der Waals surface area contributed by atoms with Crippen LogP contribution < -0.4 is 0 Å². The summed E-state index contributed by atoms with van der Waals surface area (Å²) in [4.78, 5) is 10.7. The Morgan fingerprint density at radius 1 is 1.12 bits per heavy atom. The number of carbonyl (C=O) groups excluding carboxylic acids is 1. The van der Waals surface area contributed by atoms with Gasteiger partial charge in [-0.3, -0.25) is 4.79 Å². The Hall–Kier alpha value is -0.830. The Morgan fingerprint density at radius 2 is 1.83 bits per heavy atom. The molecule has 3 saturated carbocycles. The Balaban J connectivity index is 1.90. The quantitative estimate of drug-likeness (QED) is 0.608. The molecule has 0 heterocycles. The molecule has 0 aromatic carbocycles. The minimum absolute atomic E-state index is 0.0500. The first-order valence-corrected chi connectivity index (χ1v) is 9.63. The number of fused-ring (bicyclic) bond motifs is 3. The molecule has 3 heteroatoms. The molecule has 0 aromatic heterocycles. The maximum Gasteiger partial charge on any atom is 0.293 e. The summed E-state index contributed by atoms with van der Waals surface area (Å²) in [6, 6.07) is 0. The predicted molar refractivity (Wildman–Crippen MR) is 95.4 cm³/mol. The summed E-state index contributed by atoms with van der Waals surface area (Å²) in [5, 5.41) is 11.6. The van der Waals surface area contributed by atoms with Gasteiger partial charge in [-0.15, -0.1) is 6.58 Å². The van der Waals surface area contributed by atoms with Crippen molar-refractivity contribution in [1.82, 2.24) is 0 Å². The van der Waals surface area contributed by atoms with Crippen LogP contribution in [0.2, 0.25) is 0 Å². The van der Waals surface area contributed by atoms with E-state index in [1.807, 2.05) is 0 Å². The van der Waals surface area contributed by atoms with Crippen molar-refractivity contribution in [2.24, 2.45) is 28.1 Å². The molecule has 3 aliphatic rings. The molecule has 0 bridgehead atoms. The van der Waals surface area contributed by atoms with E-state index in [-0.39, 0.29) is 16.2 Å². The van der Waals surface area contributed by atoms with Crippen LogP contribution in [0, 0.1) is 28.1 Å². The first kappa shape index (κ1) is 18.0.